The third-order valence-corrected chi connectivity index (χ3v) is 6.00. The molecular formula is C12H16BrFN2O2S. The summed E-state index contributed by atoms with van der Waals surface area (Å²) in [6.45, 7) is 0.428. The lowest BCUT2D eigenvalue weighted by Gasteiger charge is -2.29. The molecule has 0 radical (unpaired) electrons. The Hall–Kier alpha value is -0.660. The highest BCUT2D eigenvalue weighted by atomic mass is 79.9. The van der Waals surface area contributed by atoms with Gasteiger partial charge in [-0.3, -0.25) is 0 Å². The Labute approximate surface area is 121 Å². The van der Waals surface area contributed by atoms with Gasteiger partial charge in [0, 0.05) is 23.8 Å². The van der Waals surface area contributed by atoms with E-state index in [-0.39, 0.29) is 10.6 Å². The van der Waals surface area contributed by atoms with Crippen LogP contribution in [0.1, 0.15) is 19.3 Å². The Kier molecular flexibility index (Phi) is 4.17. The smallest absolute Gasteiger partial charge is 0.245 e. The van der Waals surface area contributed by atoms with Crippen molar-refractivity contribution in [2.45, 2.75) is 24.2 Å². The van der Waals surface area contributed by atoms with Gasteiger partial charge in [-0.2, -0.15) is 0 Å². The minimum Gasteiger partial charge on any atom is -0.398 e. The second-order valence-corrected chi connectivity index (χ2v) is 7.75. The number of nitrogen functional groups attached to an aromatic ring is 1. The van der Waals surface area contributed by atoms with Crippen molar-refractivity contribution in [1.29, 1.82) is 0 Å². The molecule has 0 atom stereocenters. The minimum atomic E-state index is -3.82. The summed E-state index contributed by atoms with van der Waals surface area (Å²) in [6, 6.07) is 2.24. The number of sulfonamides is 1. The molecule has 0 aromatic heterocycles. The summed E-state index contributed by atoms with van der Waals surface area (Å²) in [5.74, 6) is -0.405. The van der Waals surface area contributed by atoms with Crippen LogP contribution in [0.25, 0.3) is 0 Å². The molecule has 0 saturated heterocycles. The Morgan fingerprint density at radius 2 is 2.11 bits per heavy atom. The van der Waals surface area contributed by atoms with Gasteiger partial charge in [-0.1, -0.05) is 6.42 Å². The first-order chi connectivity index (χ1) is 8.82. The lowest BCUT2D eigenvalue weighted by atomic mass is 9.86. The van der Waals surface area contributed by atoms with E-state index < -0.39 is 15.8 Å². The van der Waals surface area contributed by atoms with Crippen LogP contribution in [-0.4, -0.2) is 26.3 Å². The fourth-order valence-electron chi connectivity index (χ4n) is 2.05. The SMILES string of the molecule is CN(CC1CCC1)S(=O)(=O)c1cc(N)c(Br)cc1F. The summed E-state index contributed by atoms with van der Waals surface area (Å²) in [6.07, 6.45) is 3.20. The molecule has 1 aromatic rings. The Balaban J connectivity index is 2.30. The summed E-state index contributed by atoms with van der Waals surface area (Å²) in [4.78, 5) is -0.366. The first kappa shape index (κ1) is 14.7. The van der Waals surface area contributed by atoms with E-state index in [4.69, 9.17) is 5.73 Å². The molecule has 1 fully saturated rings. The topological polar surface area (TPSA) is 63.4 Å². The largest absolute Gasteiger partial charge is 0.398 e. The molecule has 19 heavy (non-hydrogen) atoms. The zero-order chi connectivity index (χ0) is 14.2. The Morgan fingerprint density at radius 3 is 2.63 bits per heavy atom. The van der Waals surface area contributed by atoms with E-state index in [0.717, 1.165) is 31.4 Å². The molecule has 0 unspecified atom stereocenters. The van der Waals surface area contributed by atoms with Crippen molar-refractivity contribution in [2.75, 3.05) is 19.3 Å². The van der Waals surface area contributed by atoms with Crippen LogP contribution in [0.4, 0.5) is 10.1 Å². The number of hydrogen-bond donors (Lipinski definition) is 1. The minimum absolute atomic E-state index is 0.206. The summed E-state index contributed by atoms with van der Waals surface area (Å²) in [5.41, 5.74) is 5.83. The zero-order valence-corrected chi connectivity index (χ0v) is 13.0. The van der Waals surface area contributed by atoms with E-state index in [1.165, 1.54) is 11.4 Å². The average molecular weight is 351 g/mol. The average Bonchev–Trinajstić information content (AvgIpc) is 2.27. The number of rotatable bonds is 4. The molecule has 106 valence electrons. The predicted molar refractivity (Wildman–Crippen MR) is 75.7 cm³/mol. The lowest BCUT2D eigenvalue weighted by molar-refractivity contribution is 0.262. The normalized spacial score (nSPS) is 16.6. The first-order valence-corrected chi connectivity index (χ1v) is 8.26. The van der Waals surface area contributed by atoms with Crippen LogP contribution in [0, 0.1) is 11.7 Å². The number of hydrogen-bond acceptors (Lipinski definition) is 3. The van der Waals surface area contributed by atoms with Crippen molar-refractivity contribution >= 4 is 31.6 Å². The molecule has 0 amide bonds. The van der Waals surface area contributed by atoms with Gasteiger partial charge in [-0.25, -0.2) is 17.1 Å². The maximum absolute atomic E-state index is 13.8. The molecular weight excluding hydrogens is 335 g/mol. The van der Waals surface area contributed by atoms with Crippen molar-refractivity contribution in [3.63, 3.8) is 0 Å². The maximum atomic E-state index is 13.8. The molecule has 2 N–H and O–H groups in total. The van der Waals surface area contributed by atoms with Crippen molar-refractivity contribution in [3.8, 4) is 0 Å². The van der Waals surface area contributed by atoms with Crippen LogP contribution in [0.15, 0.2) is 21.5 Å². The lowest BCUT2D eigenvalue weighted by Crippen LogP contribution is -2.34. The number of nitrogens with two attached hydrogens (primary N) is 1. The highest BCUT2D eigenvalue weighted by Crippen LogP contribution is 2.31. The van der Waals surface area contributed by atoms with Crippen LogP contribution in [-0.2, 0) is 10.0 Å². The maximum Gasteiger partial charge on any atom is 0.245 e. The van der Waals surface area contributed by atoms with E-state index in [0.29, 0.717) is 16.9 Å². The summed E-state index contributed by atoms with van der Waals surface area (Å²) < 4.78 is 40.0. The van der Waals surface area contributed by atoms with E-state index in [1.54, 1.807) is 0 Å². The number of nitrogens with zero attached hydrogens (tertiary/aromatic N) is 1. The van der Waals surface area contributed by atoms with Crippen molar-refractivity contribution in [1.82, 2.24) is 4.31 Å². The van der Waals surface area contributed by atoms with Gasteiger partial charge in [-0.15, -0.1) is 0 Å². The molecule has 0 spiro atoms. The Bertz CT molecular complexity index is 588. The molecule has 0 bridgehead atoms. The van der Waals surface area contributed by atoms with E-state index >= 15 is 0 Å². The van der Waals surface area contributed by atoms with Gasteiger partial charge in [0.05, 0.1) is 0 Å². The fourth-order valence-corrected chi connectivity index (χ4v) is 3.69. The molecule has 2 rings (SSSR count). The molecule has 1 aliphatic carbocycles. The van der Waals surface area contributed by atoms with Crippen molar-refractivity contribution < 1.29 is 12.8 Å². The van der Waals surface area contributed by atoms with Crippen molar-refractivity contribution in [3.05, 3.63) is 22.4 Å². The van der Waals surface area contributed by atoms with Gasteiger partial charge in [0.1, 0.15) is 10.7 Å². The van der Waals surface area contributed by atoms with E-state index in [2.05, 4.69) is 15.9 Å². The summed E-state index contributed by atoms with van der Waals surface area (Å²) in [7, 11) is -2.35. The molecule has 1 aliphatic rings. The number of anilines is 1. The van der Waals surface area contributed by atoms with E-state index in [9.17, 15) is 12.8 Å². The van der Waals surface area contributed by atoms with Crippen LogP contribution in [0.5, 0.6) is 0 Å². The molecule has 1 aromatic carbocycles. The molecule has 0 aliphatic heterocycles. The summed E-state index contributed by atoms with van der Waals surface area (Å²) in [5, 5.41) is 0. The monoisotopic (exact) mass is 350 g/mol. The molecule has 7 heteroatoms. The van der Waals surface area contributed by atoms with Crippen molar-refractivity contribution in [2.24, 2.45) is 5.92 Å². The number of halogens is 2. The highest BCUT2D eigenvalue weighted by Gasteiger charge is 2.29. The van der Waals surface area contributed by atoms with Gasteiger partial charge in [0.25, 0.3) is 0 Å². The van der Waals surface area contributed by atoms with Crippen LogP contribution < -0.4 is 5.73 Å². The van der Waals surface area contributed by atoms with Crippen LogP contribution in [0.2, 0.25) is 0 Å². The molecule has 4 nitrogen and oxygen atoms in total. The number of benzene rings is 1. The predicted octanol–water partition coefficient (Wildman–Crippen LogP) is 2.59. The second kappa shape index (κ2) is 5.38. The van der Waals surface area contributed by atoms with Gasteiger partial charge < -0.3 is 5.73 Å². The first-order valence-electron chi connectivity index (χ1n) is 6.03. The zero-order valence-electron chi connectivity index (χ0n) is 10.6. The summed E-state index contributed by atoms with van der Waals surface area (Å²) >= 11 is 3.07. The van der Waals surface area contributed by atoms with Gasteiger partial charge >= 0.3 is 0 Å². The third-order valence-electron chi connectivity index (χ3n) is 3.48. The fraction of sp³-hybridized carbons (Fsp3) is 0.500. The Morgan fingerprint density at radius 1 is 1.47 bits per heavy atom. The molecule has 0 heterocycles. The van der Waals surface area contributed by atoms with E-state index in [1.807, 2.05) is 0 Å². The van der Waals surface area contributed by atoms with Crippen LogP contribution >= 0.6 is 15.9 Å². The van der Waals surface area contributed by atoms with Gasteiger partial charge in [0.15, 0.2) is 0 Å². The van der Waals surface area contributed by atoms with Crippen LogP contribution in [0.3, 0.4) is 0 Å². The highest BCUT2D eigenvalue weighted by molar-refractivity contribution is 9.10. The third kappa shape index (κ3) is 2.93. The standard InChI is InChI=1S/C12H16BrFN2O2S/c1-16(7-8-3-2-4-8)19(17,18)12-6-11(15)9(13)5-10(12)14/h5-6,8H,2-4,7,15H2,1H3. The van der Waals surface area contributed by atoms with Gasteiger partial charge in [0.2, 0.25) is 10.0 Å². The second-order valence-electron chi connectivity index (χ2n) is 4.89. The van der Waals surface area contributed by atoms with Gasteiger partial charge in [-0.05, 0) is 46.8 Å². The molecule has 1 saturated carbocycles. The quantitative estimate of drug-likeness (QED) is 0.848.